The Hall–Kier alpha value is -2.61. The molecule has 1 N–H and O–H groups in total. The van der Waals surface area contributed by atoms with Crippen molar-refractivity contribution in [2.45, 2.75) is 26.7 Å². The first-order valence-electron chi connectivity index (χ1n) is 7.99. The van der Waals surface area contributed by atoms with E-state index in [0.29, 0.717) is 17.9 Å². The van der Waals surface area contributed by atoms with Gasteiger partial charge in [-0.1, -0.05) is 32.0 Å². The zero-order valence-electron chi connectivity index (χ0n) is 14.0. The summed E-state index contributed by atoms with van der Waals surface area (Å²) in [6.07, 6.45) is 1.59. The summed E-state index contributed by atoms with van der Waals surface area (Å²) in [5.41, 5.74) is 3.71. The third-order valence-electron chi connectivity index (χ3n) is 3.89. The maximum Gasteiger partial charge on any atom is 0.167 e. The van der Waals surface area contributed by atoms with Crippen molar-refractivity contribution in [3.8, 4) is 6.07 Å². The molecule has 120 valence electrons. The fourth-order valence-corrected chi connectivity index (χ4v) is 2.57. The molecular weight excluding hydrogens is 286 g/mol. The van der Waals surface area contributed by atoms with E-state index in [0.717, 1.165) is 36.3 Å². The molecule has 0 aliphatic rings. The molecule has 5 heteroatoms. The minimum atomic E-state index is 0.586. The number of anilines is 2. The van der Waals surface area contributed by atoms with E-state index in [-0.39, 0.29) is 0 Å². The van der Waals surface area contributed by atoms with Crippen molar-refractivity contribution in [3.05, 3.63) is 47.2 Å². The van der Waals surface area contributed by atoms with Crippen LogP contribution in [0.25, 0.3) is 0 Å². The van der Waals surface area contributed by atoms with Gasteiger partial charge in [0.05, 0.1) is 5.69 Å². The van der Waals surface area contributed by atoms with Crippen LogP contribution in [0, 0.1) is 11.3 Å². The van der Waals surface area contributed by atoms with Crippen molar-refractivity contribution in [2.24, 2.45) is 0 Å². The van der Waals surface area contributed by atoms with Crippen LogP contribution in [0.1, 0.15) is 30.7 Å². The molecule has 2 rings (SSSR count). The van der Waals surface area contributed by atoms with Crippen LogP contribution in [-0.2, 0) is 12.8 Å². The number of likely N-dealkylation sites (N-methyl/N-ethyl adjacent to an activating group) is 1. The molecule has 23 heavy (non-hydrogen) atoms. The number of nitrogens with zero attached hydrogens (tertiary/aromatic N) is 4. The molecule has 0 radical (unpaired) electrons. The average Bonchev–Trinajstić information content (AvgIpc) is 2.61. The van der Waals surface area contributed by atoms with Crippen LogP contribution in [-0.4, -0.2) is 30.3 Å². The van der Waals surface area contributed by atoms with E-state index in [1.807, 2.05) is 39.1 Å². The zero-order chi connectivity index (χ0) is 16.7. The van der Waals surface area contributed by atoms with Crippen LogP contribution < -0.4 is 10.2 Å². The number of para-hydroxylation sites is 1. The Balaban J connectivity index is 2.05. The Labute approximate surface area is 138 Å². The highest BCUT2D eigenvalue weighted by Gasteiger charge is 2.14. The summed E-state index contributed by atoms with van der Waals surface area (Å²) in [6.45, 7) is 5.59. The molecule has 1 aromatic heterocycles. The third kappa shape index (κ3) is 3.98. The maximum absolute atomic E-state index is 9.47. The first-order chi connectivity index (χ1) is 11.2. The first-order valence-corrected chi connectivity index (χ1v) is 7.99. The summed E-state index contributed by atoms with van der Waals surface area (Å²) in [7, 11) is 2.05. The molecule has 0 aliphatic heterocycles. The average molecular weight is 309 g/mol. The third-order valence-corrected chi connectivity index (χ3v) is 3.89. The number of benzene rings is 1. The first kappa shape index (κ1) is 16.8. The zero-order valence-corrected chi connectivity index (χ0v) is 14.0. The molecular formula is C18H23N5. The number of nitriles is 1. The molecule has 2 aromatic rings. The summed E-state index contributed by atoms with van der Waals surface area (Å²) < 4.78 is 0. The van der Waals surface area contributed by atoms with Crippen LogP contribution >= 0.6 is 0 Å². The van der Waals surface area contributed by atoms with Gasteiger partial charge in [0, 0.05) is 25.8 Å². The van der Waals surface area contributed by atoms with E-state index in [9.17, 15) is 5.26 Å². The summed E-state index contributed by atoms with van der Waals surface area (Å²) in [5.74, 6) is 0.586. The van der Waals surface area contributed by atoms with E-state index < -0.39 is 0 Å². The minimum absolute atomic E-state index is 0.586. The molecule has 0 fully saturated rings. The topological polar surface area (TPSA) is 64.8 Å². The Morgan fingerprint density at radius 2 is 1.87 bits per heavy atom. The second-order valence-corrected chi connectivity index (χ2v) is 5.35. The van der Waals surface area contributed by atoms with E-state index in [2.05, 4.69) is 38.6 Å². The van der Waals surface area contributed by atoms with Gasteiger partial charge in [-0.2, -0.15) is 10.4 Å². The van der Waals surface area contributed by atoms with Crippen molar-refractivity contribution in [2.75, 3.05) is 30.4 Å². The molecule has 0 unspecified atom stereocenters. The fourth-order valence-electron chi connectivity index (χ4n) is 2.57. The van der Waals surface area contributed by atoms with Gasteiger partial charge in [-0.05, 0) is 30.5 Å². The van der Waals surface area contributed by atoms with Crippen molar-refractivity contribution in [3.63, 3.8) is 0 Å². The smallest absolute Gasteiger partial charge is 0.167 e. The van der Waals surface area contributed by atoms with Crippen molar-refractivity contribution < 1.29 is 0 Å². The molecule has 0 atom stereocenters. The lowest BCUT2D eigenvalue weighted by Gasteiger charge is -2.20. The minimum Gasteiger partial charge on any atom is -0.373 e. The highest BCUT2D eigenvalue weighted by Crippen LogP contribution is 2.19. The van der Waals surface area contributed by atoms with Gasteiger partial charge < -0.3 is 10.2 Å². The lowest BCUT2D eigenvalue weighted by Crippen LogP contribution is -2.25. The Morgan fingerprint density at radius 3 is 2.48 bits per heavy atom. The van der Waals surface area contributed by atoms with Crippen LogP contribution in [0.2, 0.25) is 0 Å². The quantitative estimate of drug-likeness (QED) is 0.851. The normalized spacial score (nSPS) is 10.2. The summed E-state index contributed by atoms with van der Waals surface area (Å²) >= 11 is 0. The van der Waals surface area contributed by atoms with Gasteiger partial charge in [0.2, 0.25) is 0 Å². The molecule has 0 spiro atoms. The molecule has 1 heterocycles. The van der Waals surface area contributed by atoms with E-state index >= 15 is 0 Å². The van der Waals surface area contributed by atoms with E-state index in [4.69, 9.17) is 0 Å². The molecule has 0 amide bonds. The molecule has 0 bridgehead atoms. The molecule has 0 aliphatic carbocycles. The number of hydrogen-bond donors (Lipinski definition) is 1. The number of hydrogen-bond acceptors (Lipinski definition) is 5. The second-order valence-electron chi connectivity index (χ2n) is 5.35. The van der Waals surface area contributed by atoms with Gasteiger partial charge in [0.15, 0.2) is 5.82 Å². The van der Waals surface area contributed by atoms with Crippen molar-refractivity contribution in [1.29, 1.82) is 5.26 Å². The highest BCUT2D eigenvalue weighted by atomic mass is 15.2. The van der Waals surface area contributed by atoms with E-state index in [1.54, 1.807) is 0 Å². The van der Waals surface area contributed by atoms with Gasteiger partial charge in [-0.3, -0.25) is 0 Å². The van der Waals surface area contributed by atoms with E-state index in [1.165, 1.54) is 0 Å². The standard InChI is InChI=1S/C18H23N5/c1-4-15-16(13-19)18(22-21-17(15)5-2)20-11-12-23(3)14-9-7-6-8-10-14/h6-10H,4-5,11-12H2,1-3H3,(H,20,22). The van der Waals surface area contributed by atoms with Gasteiger partial charge in [0.25, 0.3) is 0 Å². The largest absolute Gasteiger partial charge is 0.373 e. The van der Waals surface area contributed by atoms with Gasteiger partial charge in [-0.25, -0.2) is 0 Å². The molecule has 1 aromatic carbocycles. The summed E-state index contributed by atoms with van der Waals surface area (Å²) in [6, 6.07) is 12.5. The number of rotatable bonds is 7. The lowest BCUT2D eigenvalue weighted by atomic mass is 10.0. The Kier molecular flexibility index (Phi) is 5.93. The van der Waals surface area contributed by atoms with Crippen LogP contribution in [0.3, 0.4) is 0 Å². The molecule has 5 nitrogen and oxygen atoms in total. The fraction of sp³-hybridized carbons (Fsp3) is 0.389. The molecule has 0 saturated carbocycles. The Bertz CT molecular complexity index is 676. The lowest BCUT2D eigenvalue weighted by molar-refractivity contribution is 0.857. The van der Waals surface area contributed by atoms with Crippen molar-refractivity contribution in [1.82, 2.24) is 10.2 Å². The van der Waals surface area contributed by atoms with Crippen LogP contribution in [0.5, 0.6) is 0 Å². The number of nitrogens with one attached hydrogen (secondary N) is 1. The molecule has 0 saturated heterocycles. The highest BCUT2D eigenvalue weighted by molar-refractivity contribution is 5.56. The number of aromatic nitrogens is 2. The second kappa shape index (κ2) is 8.14. The SMILES string of the molecule is CCc1nnc(NCCN(C)c2ccccc2)c(C#N)c1CC. The van der Waals surface area contributed by atoms with Crippen LogP contribution in [0.4, 0.5) is 11.5 Å². The Morgan fingerprint density at radius 1 is 1.13 bits per heavy atom. The van der Waals surface area contributed by atoms with Crippen molar-refractivity contribution >= 4 is 11.5 Å². The van der Waals surface area contributed by atoms with Crippen LogP contribution in [0.15, 0.2) is 30.3 Å². The predicted octanol–water partition coefficient (Wildman–Crippen LogP) is 3.02. The number of aryl methyl sites for hydroxylation is 1. The predicted molar refractivity (Wildman–Crippen MR) is 93.7 cm³/mol. The monoisotopic (exact) mass is 309 g/mol. The maximum atomic E-state index is 9.47. The van der Waals surface area contributed by atoms with Gasteiger partial charge >= 0.3 is 0 Å². The summed E-state index contributed by atoms with van der Waals surface area (Å²) in [4.78, 5) is 2.16. The summed E-state index contributed by atoms with van der Waals surface area (Å²) in [5, 5.41) is 21.2. The van der Waals surface area contributed by atoms with Gasteiger partial charge in [0.1, 0.15) is 11.6 Å². The van der Waals surface area contributed by atoms with Gasteiger partial charge in [-0.15, -0.1) is 5.10 Å².